The van der Waals surface area contributed by atoms with Gasteiger partial charge in [0.1, 0.15) is 0 Å². The zero-order valence-electron chi connectivity index (χ0n) is 14.2. The quantitative estimate of drug-likeness (QED) is 0.778. The minimum Gasteiger partial charge on any atom is -0.288 e. The van der Waals surface area contributed by atoms with Crippen LogP contribution in [0.1, 0.15) is 11.1 Å². The Morgan fingerprint density at radius 3 is 1.68 bits per heavy atom. The first-order valence-corrected chi connectivity index (χ1v) is 10.1. The maximum absolute atomic E-state index is 13.2. The van der Waals surface area contributed by atoms with E-state index in [0.717, 1.165) is 22.5 Å². The van der Waals surface area contributed by atoms with Crippen LogP contribution in [-0.2, 0) is 9.84 Å². The molecule has 25 heavy (non-hydrogen) atoms. The molecule has 0 radical (unpaired) electrons. The van der Waals surface area contributed by atoms with E-state index >= 15 is 0 Å². The molecule has 0 spiro atoms. The van der Waals surface area contributed by atoms with Gasteiger partial charge in [0.25, 0.3) is 0 Å². The molecular formula is C19H20N2O3S. The highest BCUT2D eigenvalue weighted by Gasteiger charge is 2.54. The van der Waals surface area contributed by atoms with Gasteiger partial charge in [-0.1, -0.05) is 24.3 Å². The molecule has 0 aromatic heterocycles. The average Bonchev–Trinajstić information content (AvgIpc) is 2.95. The number of benzene rings is 2. The molecule has 2 aliphatic heterocycles. The van der Waals surface area contributed by atoms with E-state index in [1.54, 1.807) is 9.80 Å². The summed E-state index contributed by atoms with van der Waals surface area (Å²) in [5.41, 5.74) is 3.59. The van der Waals surface area contributed by atoms with E-state index < -0.39 is 9.84 Å². The summed E-state index contributed by atoms with van der Waals surface area (Å²) in [6.45, 7) is 3.93. The number of urea groups is 1. The van der Waals surface area contributed by atoms with Crippen LogP contribution in [0.2, 0.25) is 0 Å². The third-order valence-corrected chi connectivity index (χ3v) is 6.63. The Balaban J connectivity index is 1.83. The Morgan fingerprint density at radius 2 is 1.28 bits per heavy atom. The smallest absolute Gasteiger partial charge is 0.288 e. The van der Waals surface area contributed by atoms with Crippen molar-refractivity contribution in [2.24, 2.45) is 0 Å². The third-order valence-electron chi connectivity index (χ3n) is 4.93. The van der Waals surface area contributed by atoms with Crippen molar-refractivity contribution in [1.29, 1.82) is 0 Å². The van der Waals surface area contributed by atoms with E-state index in [9.17, 15) is 13.2 Å². The highest BCUT2D eigenvalue weighted by Crippen LogP contribution is 2.38. The maximum Gasteiger partial charge on any atom is 0.329 e. The summed E-state index contributed by atoms with van der Waals surface area (Å²) in [5.74, 6) is 0.0271. The van der Waals surface area contributed by atoms with Crippen LogP contribution in [-0.4, -0.2) is 38.0 Å². The van der Waals surface area contributed by atoms with E-state index in [4.69, 9.17) is 0 Å². The summed E-state index contributed by atoms with van der Waals surface area (Å²) < 4.78 is 24.5. The lowest BCUT2D eigenvalue weighted by atomic mass is 10.1. The van der Waals surface area contributed by atoms with Crippen molar-refractivity contribution in [3.05, 3.63) is 59.7 Å². The Hall–Kier alpha value is -2.34. The first-order chi connectivity index (χ1) is 11.9. The predicted molar refractivity (Wildman–Crippen MR) is 98.9 cm³/mol. The van der Waals surface area contributed by atoms with E-state index in [1.807, 2.05) is 62.4 Å². The molecule has 0 aliphatic carbocycles. The number of amides is 2. The molecule has 2 fully saturated rings. The van der Waals surface area contributed by atoms with Crippen molar-refractivity contribution in [1.82, 2.24) is 0 Å². The van der Waals surface area contributed by atoms with Gasteiger partial charge >= 0.3 is 6.03 Å². The Morgan fingerprint density at radius 1 is 0.840 bits per heavy atom. The molecular weight excluding hydrogens is 336 g/mol. The summed E-state index contributed by atoms with van der Waals surface area (Å²) >= 11 is 0. The number of fused-ring (bicyclic) bond motifs is 1. The van der Waals surface area contributed by atoms with Gasteiger partial charge in [-0.2, -0.15) is 0 Å². The summed E-state index contributed by atoms with van der Waals surface area (Å²) in [7, 11) is -3.17. The first-order valence-electron chi connectivity index (χ1n) is 8.32. The van der Waals surface area contributed by atoms with E-state index in [2.05, 4.69) is 0 Å². The molecule has 2 aromatic rings. The number of carbonyl (C=O) groups excluding carboxylic acids is 1. The maximum atomic E-state index is 13.2. The molecule has 2 saturated heterocycles. The number of carbonyl (C=O) groups is 1. The van der Waals surface area contributed by atoms with Crippen LogP contribution in [0.5, 0.6) is 0 Å². The normalized spacial score (nSPS) is 24.6. The largest absolute Gasteiger partial charge is 0.329 e. The number of hydrogen-bond donors (Lipinski definition) is 0. The molecule has 6 heteroatoms. The van der Waals surface area contributed by atoms with Gasteiger partial charge in [0.15, 0.2) is 9.84 Å². The fourth-order valence-electron chi connectivity index (χ4n) is 3.86. The van der Waals surface area contributed by atoms with Crippen LogP contribution < -0.4 is 9.80 Å². The standard InChI is InChI=1S/C19H20N2O3S/c1-13-5-3-7-15(9-13)20-17-11-25(23,24)12-18(17)21(19(20)22)16-8-4-6-14(2)10-16/h3-10,17-18H,11-12H2,1-2H3/t17-,18-/m0/s1. The lowest BCUT2D eigenvalue weighted by molar-refractivity contribution is 0.255. The molecule has 2 atom stereocenters. The second-order valence-electron chi connectivity index (χ2n) is 6.91. The molecule has 130 valence electrons. The lowest BCUT2D eigenvalue weighted by Crippen LogP contribution is -2.38. The second kappa shape index (κ2) is 5.59. The van der Waals surface area contributed by atoms with Crippen molar-refractivity contribution in [3.63, 3.8) is 0 Å². The van der Waals surface area contributed by atoms with Crippen LogP contribution in [0, 0.1) is 13.8 Å². The number of nitrogens with zero attached hydrogens (tertiary/aromatic N) is 2. The van der Waals surface area contributed by atoms with Gasteiger partial charge in [0.2, 0.25) is 0 Å². The molecule has 0 unspecified atom stereocenters. The minimum absolute atomic E-state index is 0.0136. The number of rotatable bonds is 2. The fraction of sp³-hybridized carbons (Fsp3) is 0.316. The fourth-order valence-corrected chi connectivity index (χ4v) is 5.78. The van der Waals surface area contributed by atoms with E-state index in [-0.39, 0.29) is 29.6 Å². The number of aryl methyl sites for hydroxylation is 2. The van der Waals surface area contributed by atoms with E-state index in [0.29, 0.717) is 0 Å². The third kappa shape index (κ3) is 2.70. The molecule has 0 N–H and O–H groups in total. The lowest BCUT2D eigenvalue weighted by Gasteiger charge is -2.23. The van der Waals surface area contributed by atoms with Crippen LogP contribution in [0.25, 0.3) is 0 Å². The SMILES string of the molecule is Cc1cccc(N2C(=O)N(c3cccc(C)c3)[C@H]3CS(=O)(=O)C[C@@H]32)c1. The molecule has 4 rings (SSSR count). The molecule has 0 bridgehead atoms. The summed E-state index contributed by atoms with van der Waals surface area (Å²) in [6.07, 6.45) is 0. The van der Waals surface area contributed by atoms with Gasteiger partial charge in [-0.05, 0) is 49.2 Å². The molecule has 0 saturated carbocycles. The van der Waals surface area contributed by atoms with Gasteiger partial charge in [-0.15, -0.1) is 0 Å². The van der Waals surface area contributed by atoms with E-state index in [1.165, 1.54) is 0 Å². The highest BCUT2D eigenvalue weighted by molar-refractivity contribution is 7.91. The predicted octanol–water partition coefficient (Wildman–Crippen LogP) is 2.92. The van der Waals surface area contributed by atoms with Crippen molar-refractivity contribution in [2.45, 2.75) is 25.9 Å². The minimum atomic E-state index is -3.17. The Kier molecular flexibility index (Phi) is 3.61. The number of hydrogen-bond acceptors (Lipinski definition) is 3. The van der Waals surface area contributed by atoms with Crippen LogP contribution in [0.15, 0.2) is 48.5 Å². The van der Waals surface area contributed by atoms with Crippen LogP contribution in [0.4, 0.5) is 16.2 Å². The number of sulfone groups is 1. The molecule has 2 heterocycles. The molecule has 2 aliphatic rings. The zero-order valence-corrected chi connectivity index (χ0v) is 15.0. The highest BCUT2D eigenvalue weighted by atomic mass is 32.2. The topological polar surface area (TPSA) is 57.7 Å². The Labute approximate surface area is 147 Å². The summed E-state index contributed by atoms with van der Waals surface area (Å²) in [6, 6.07) is 14.5. The van der Waals surface area contributed by atoms with Gasteiger partial charge in [0.05, 0.1) is 23.6 Å². The second-order valence-corrected chi connectivity index (χ2v) is 9.07. The van der Waals surface area contributed by atoms with Crippen molar-refractivity contribution in [3.8, 4) is 0 Å². The monoisotopic (exact) mass is 356 g/mol. The van der Waals surface area contributed by atoms with Gasteiger partial charge in [-0.3, -0.25) is 9.80 Å². The average molecular weight is 356 g/mol. The molecule has 2 aromatic carbocycles. The van der Waals surface area contributed by atoms with Gasteiger partial charge < -0.3 is 0 Å². The zero-order chi connectivity index (χ0) is 17.8. The molecule has 5 nitrogen and oxygen atoms in total. The van der Waals surface area contributed by atoms with Crippen LogP contribution >= 0.6 is 0 Å². The van der Waals surface area contributed by atoms with Gasteiger partial charge in [-0.25, -0.2) is 13.2 Å². The van der Waals surface area contributed by atoms with Crippen molar-refractivity contribution in [2.75, 3.05) is 21.3 Å². The summed E-state index contributed by atoms with van der Waals surface area (Å²) in [4.78, 5) is 16.5. The first kappa shape index (κ1) is 16.1. The Bertz CT molecular complexity index is 885. The van der Waals surface area contributed by atoms with Crippen LogP contribution in [0.3, 0.4) is 0 Å². The number of anilines is 2. The molecule has 2 amide bonds. The van der Waals surface area contributed by atoms with Gasteiger partial charge in [0, 0.05) is 11.4 Å². The summed E-state index contributed by atoms with van der Waals surface area (Å²) in [5, 5.41) is 0. The van der Waals surface area contributed by atoms with Crippen molar-refractivity contribution >= 4 is 27.2 Å². The van der Waals surface area contributed by atoms with Crippen molar-refractivity contribution < 1.29 is 13.2 Å².